The summed E-state index contributed by atoms with van der Waals surface area (Å²) in [7, 11) is 0. The van der Waals surface area contributed by atoms with Crippen LogP contribution in [0.4, 0.5) is 5.69 Å². The average Bonchev–Trinajstić information content (AvgIpc) is 2.49. The second-order valence-electron chi connectivity index (χ2n) is 4.24. The quantitative estimate of drug-likeness (QED) is 0.566. The molecule has 0 aliphatic rings. The van der Waals surface area contributed by atoms with Crippen molar-refractivity contribution in [3.8, 4) is 6.07 Å². The molecule has 0 spiro atoms. The fourth-order valence-electron chi connectivity index (χ4n) is 1.69. The number of carbonyl (C=O) groups excluding carboxylic acids is 1. The van der Waals surface area contributed by atoms with E-state index in [0.29, 0.717) is 21.3 Å². The number of hydrogen-bond donors (Lipinski definition) is 1. The highest BCUT2D eigenvalue weighted by Gasteiger charge is 2.13. The van der Waals surface area contributed by atoms with Crippen LogP contribution in [0.1, 0.15) is 5.56 Å². The van der Waals surface area contributed by atoms with Gasteiger partial charge in [-0.15, -0.1) is 0 Å². The van der Waals surface area contributed by atoms with E-state index in [9.17, 15) is 10.1 Å². The van der Waals surface area contributed by atoms with E-state index in [2.05, 4.69) is 21.2 Å². The number of nitrogens with zero attached hydrogens (tertiary/aromatic N) is 1. The zero-order chi connectivity index (χ0) is 16.1. The predicted octanol–water partition coefficient (Wildman–Crippen LogP) is 5.30. The van der Waals surface area contributed by atoms with Crippen LogP contribution in [0.3, 0.4) is 0 Å². The van der Waals surface area contributed by atoms with Gasteiger partial charge in [0.1, 0.15) is 11.6 Å². The van der Waals surface area contributed by atoms with Gasteiger partial charge < -0.3 is 5.32 Å². The van der Waals surface area contributed by atoms with Crippen molar-refractivity contribution in [1.82, 2.24) is 0 Å². The molecule has 1 N–H and O–H groups in total. The summed E-state index contributed by atoms with van der Waals surface area (Å²) in [4.78, 5) is 12.2. The Morgan fingerprint density at radius 2 is 1.77 bits per heavy atom. The minimum atomic E-state index is -0.537. The Bertz CT molecular complexity index is 777. The summed E-state index contributed by atoms with van der Waals surface area (Å²) in [5.41, 5.74) is 0.911. The van der Waals surface area contributed by atoms with Crippen molar-refractivity contribution < 1.29 is 4.79 Å². The van der Waals surface area contributed by atoms with Gasteiger partial charge in [0, 0.05) is 20.1 Å². The number of amides is 1. The molecule has 0 radical (unpaired) electrons. The van der Waals surface area contributed by atoms with Gasteiger partial charge in [-0.2, -0.15) is 5.26 Å². The molecule has 0 saturated heterocycles. The first-order valence-corrected chi connectivity index (χ1v) is 7.69. The van der Waals surface area contributed by atoms with Crippen molar-refractivity contribution in [2.45, 2.75) is 0 Å². The third-order valence-corrected chi connectivity index (χ3v) is 4.13. The van der Waals surface area contributed by atoms with Crippen LogP contribution in [0, 0.1) is 11.3 Å². The molecule has 0 unspecified atom stereocenters. The molecule has 22 heavy (non-hydrogen) atoms. The van der Waals surface area contributed by atoms with Crippen LogP contribution in [0.25, 0.3) is 6.08 Å². The van der Waals surface area contributed by atoms with E-state index in [1.165, 1.54) is 6.08 Å². The molecule has 0 aliphatic carbocycles. The number of nitrogens with one attached hydrogen (secondary N) is 1. The third-order valence-electron chi connectivity index (χ3n) is 2.78. The van der Waals surface area contributed by atoms with Gasteiger partial charge in [0.15, 0.2) is 0 Å². The Balaban J connectivity index is 2.33. The predicted molar refractivity (Wildman–Crippen MR) is 92.8 cm³/mol. The maximum absolute atomic E-state index is 12.2. The fraction of sp³-hybridized carbons (Fsp3) is 0. The second kappa shape index (κ2) is 7.46. The van der Waals surface area contributed by atoms with Crippen molar-refractivity contribution >= 4 is 56.8 Å². The summed E-state index contributed by atoms with van der Waals surface area (Å²) >= 11 is 15.4. The molecule has 1 amide bonds. The lowest BCUT2D eigenvalue weighted by Crippen LogP contribution is -2.13. The monoisotopic (exact) mass is 394 g/mol. The number of rotatable bonds is 3. The average molecular weight is 396 g/mol. The van der Waals surface area contributed by atoms with E-state index in [-0.39, 0.29) is 5.57 Å². The lowest BCUT2D eigenvalue weighted by Gasteiger charge is -2.07. The summed E-state index contributed by atoms with van der Waals surface area (Å²) in [6, 6.07) is 13.9. The topological polar surface area (TPSA) is 52.9 Å². The van der Waals surface area contributed by atoms with E-state index in [4.69, 9.17) is 23.2 Å². The highest BCUT2D eigenvalue weighted by atomic mass is 79.9. The SMILES string of the molecule is N#C/C(=C\c1c(Cl)cccc1Cl)C(=O)Nc1ccccc1Br. The van der Waals surface area contributed by atoms with Gasteiger partial charge in [0.25, 0.3) is 5.91 Å². The number of benzene rings is 2. The first-order chi connectivity index (χ1) is 10.5. The first kappa shape index (κ1) is 16.6. The number of para-hydroxylation sites is 1. The standard InChI is InChI=1S/C16H9BrCl2N2O/c17-12-4-1-2-7-15(12)21-16(22)10(9-20)8-11-13(18)5-3-6-14(11)19/h1-8H,(H,21,22)/b10-8+. The van der Waals surface area contributed by atoms with Gasteiger partial charge in [-0.1, -0.05) is 41.4 Å². The minimum absolute atomic E-state index is 0.0919. The third kappa shape index (κ3) is 3.89. The molecule has 0 fully saturated rings. The molecule has 2 rings (SSSR count). The van der Waals surface area contributed by atoms with E-state index in [1.807, 2.05) is 12.1 Å². The van der Waals surface area contributed by atoms with E-state index >= 15 is 0 Å². The molecule has 0 aliphatic heterocycles. The highest BCUT2D eigenvalue weighted by molar-refractivity contribution is 9.10. The van der Waals surface area contributed by atoms with Crippen LogP contribution in [0.5, 0.6) is 0 Å². The molecule has 0 aromatic heterocycles. The Kier molecular flexibility index (Phi) is 5.62. The van der Waals surface area contributed by atoms with Crippen molar-refractivity contribution in [3.63, 3.8) is 0 Å². The molecule has 110 valence electrons. The van der Waals surface area contributed by atoms with Gasteiger partial charge in [0.2, 0.25) is 0 Å². The van der Waals surface area contributed by atoms with Crippen LogP contribution in [0.15, 0.2) is 52.5 Å². The van der Waals surface area contributed by atoms with Crippen LogP contribution in [0.2, 0.25) is 10.0 Å². The second-order valence-corrected chi connectivity index (χ2v) is 5.91. The zero-order valence-electron chi connectivity index (χ0n) is 11.1. The van der Waals surface area contributed by atoms with E-state index in [0.717, 1.165) is 4.47 Å². The zero-order valence-corrected chi connectivity index (χ0v) is 14.2. The Labute approximate surface area is 146 Å². The maximum atomic E-state index is 12.2. The number of halogens is 3. The van der Waals surface area contributed by atoms with Gasteiger partial charge in [0.05, 0.1) is 5.69 Å². The summed E-state index contributed by atoms with van der Waals surface area (Å²) in [6.45, 7) is 0. The Morgan fingerprint density at radius 1 is 1.14 bits per heavy atom. The molecule has 0 saturated carbocycles. The normalized spacial score (nSPS) is 10.9. The van der Waals surface area contributed by atoms with Crippen LogP contribution in [-0.4, -0.2) is 5.91 Å². The van der Waals surface area contributed by atoms with E-state index in [1.54, 1.807) is 36.4 Å². The lowest BCUT2D eigenvalue weighted by atomic mass is 10.1. The smallest absolute Gasteiger partial charge is 0.266 e. The van der Waals surface area contributed by atoms with Crippen molar-refractivity contribution in [2.75, 3.05) is 5.32 Å². The first-order valence-electron chi connectivity index (χ1n) is 6.14. The number of anilines is 1. The van der Waals surface area contributed by atoms with Gasteiger partial charge in [-0.3, -0.25) is 4.79 Å². The van der Waals surface area contributed by atoms with Gasteiger partial charge in [-0.05, 0) is 46.3 Å². The van der Waals surface area contributed by atoms with Gasteiger partial charge >= 0.3 is 0 Å². The summed E-state index contributed by atoms with van der Waals surface area (Å²) < 4.78 is 0.719. The minimum Gasteiger partial charge on any atom is -0.320 e. The van der Waals surface area contributed by atoms with Crippen LogP contribution in [-0.2, 0) is 4.79 Å². The van der Waals surface area contributed by atoms with Crippen molar-refractivity contribution in [3.05, 3.63) is 68.1 Å². The van der Waals surface area contributed by atoms with Crippen molar-refractivity contribution in [2.24, 2.45) is 0 Å². The summed E-state index contributed by atoms with van der Waals surface area (Å²) in [5.74, 6) is -0.537. The molecular weight excluding hydrogens is 387 g/mol. The largest absolute Gasteiger partial charge is 0.320 e. The molecule has 2 aromatic rings. The number of nitriles is 1. The molecule has 0 atom stereocenters. The molecule has 6 heteroatoms. The Morgan fingerprint density at radius 3 is 2.36 bits per heavy atom. The molecule has 0 heterocycles. The number of hydrogen-bond acceptors (Lipinski definition) is 2. The maximum Gasteiger partial charge on any atom is 0.266 e. The van der Waals surface area contributed by atoms with Crippen molar-refractivity contribution in [1.29, 1.82) is 5.26 Å². The van der Waals surface area contributed by atoms with Gasteiger partial charge in [-0.25, -0.2) is 0 Å². The molecule has 2 aromatic carbocycles. The van der Waals surface area contributed by atoms with Crippen LogP contribution < -0.4 is 5.32 Å². The molecule has 3 nitrogen and oxygen atoms in total. The van der Waals surface area contributed by atoms with E-state index < -0.39 is 5.91 Å². The summed E-state index contributed by atoms with van der Waals surface area (Å²) in [6.07, 6.45) is 1.37. The number of carbonyl (C=O) groups is 1. The molecular formula is C16H9BrCl2N2O. The lowest BCUT2D eigenvalue weighted by molar-refractivity contribution is -0.112. The fourth-order valence-corrected chi connectivity index (χ4v) is 2.58. The summed E-state index contributed by atoms with van der Waals surface area (Å²) in [5, 5.41) is 12.6. The highest BCUT2D eigenvalue weighted by Crippen LogP contribution is 2.27. The molecule has 0 bridgehead atoms. The van der Waals surface area contributed by atoms with Crippen LogP contribution >= 0.6 is 39.1 Å². The Hall–Kier alpha value is -1.80.